The van der Waals surface area contributed by atoms with Gasteiger partial charge in [0.1, 0.15) is 0 Å². The van der Waals surface area contributed by atoms with Crippen molar-refractivity contribution in [1.29, 1.82) is 0 Å². The lowest BCUT2D eigenvalue weighted by Crippen LogP contribution is -2.40. The molecule has 2 atom stereocenters. The fraction of sp³-hybridized carbons (Fsp3) is 0.529. The van der Waals surface area contributed by atoms with Crippen molar-refractivity contribution in [1.82, 2.24) is 5.32 Å². The number of nitrogens with one attached hydrogen (secondary N) is 1. The second kappa shape index (κ2) is 6.55. The quantitative estimate of drug-likeness (QED) is 0.875. The van der Waals surface area contributed by atoms with Crippen LogP contribution < -0.4 is 10.2 Å². The van der Waals surface area contributed by atoms with Crippen molar-refractivity contribution in [2.24, 2.45) is 5.92 Å². The zero-order valence-electron chi connectivity index (χ0n) is 13.7. The molecule has 2 aliphatic rings. The molecular weight excluding hydrogens is 328 g/mol. The second-order valence-electron chi connectivity index (χ2n) is 6.50. The molecule has 0 aliphatic carbocycles. The summed E-state index contributed by atoms with van der Waals surface area (Å²) in [6, 6.07) is 7.39. The number of sulfone groups is 1. The molecule has 6 nitrogen and oxygen atoms in total. The van der Waals surface area contributed by atoms with Crippen LogP contribution in [-0.4, -0.2) is 44.3 Å². The number of rotatable bonds is 4. The molecule has 2 amide bonds. The van der Waals surface area contributed by atoms with Gasteiger partial charge in [-0.15, -0.1) is 0 Å². The van der Waals surface area contributed by atoms with Crippen molar-refractivity contribution < 1.29 is 18.0 Å². The third-order valence-corrected chi connectivity index (χ3v) is 6.51. The first-order valence-electron chi connectivity index (χ1n) is 8.28. The van der Waals surface area contributed by atoms with Crippen LogP contribution in [0, 0.1) is 5.92 Å². The number of anilines is 1. The molecule has 0 saturated carbocycles. The Morgan fingerprint density at radius 3 is 2.75 bits per heavy atom. The Morgan fingerprint density at radius 1 is 1.33 bits per heavy atom. The fourth-order valence-electron chi connectivity index (χ4n) is 3.42. The number of hydrogen-bond acceptors (Lipinski definition) is 4. The summed E-state index contributed by atoms with van der Waals surface area (Å²) in [5, 5.41) is 2.80. The number of para-hydroxylation sites is 1. The van der Waals surface area contributed by atoms with Gasteiger partial charge in [0.25, 0.3) is 0 Å². The molecule has 2 heterocycles. The molecule has 1 N–H and O–H groups in total. The van der Waals surface area contributed by atoms with Crippen molar-refractivity contribution in [3.8, 4) is 0 Å². The fourth-order valence-corrected chi connectivity index (χ4v) is 5.09. The lowest BCUT2D eigenvalue weighted by atomic mass is 10.1. The molecule has 2 saturated heterocycles. The van der Waals surface area contributed by atoms with E-state index in [1.807, 2.05) is 31.2 Å². The number of nitrogens with zero attached hydrogens (tertiary/aromatic N) is 1. The highest BCUT2D eigenvalue weighted by Crippen LogP contribution is 2.28. The number of benzene rings is 1. The van der Waals surface area contributed by atoms with Gasteiger partial charge < -0.3 is 10.2 Å². The molecule has 0 spiro atoms. The van der Waals surface area contributed by atoms with Gasteiger partial charge in [-0.1, -0.05) is 25.1 Å². The Balaban J connectivity index is 1.67. The van der Waals surface area contributed by atoms with Gasteiger partial charge in [-0.2, -0.15) is 0 Å². The Kier molecular flexibility index (Phi) is 4.62. The number of carbonyl (C=O) groups excluding carboxylic acids is 2. The Morgan fingerprint density at radius 2 is 2.08 bits per heavy atom. The minimum absolute atomic E-state index is 0.00177. The maximum absolute atomic E-state index is 12.4. The third-order valence-electron chi connectivity index (χ3n) is 4.74. The molecule has 0 aromatic heterocycles. The predicted octanol–water partition coefficient (Wildman–Crippen LogP) is 0.905. The molecule has 7 heteroatoms. The Hall–Kier alpha value is -1.89. The van der Waals surface area contributed by atoms with Gasteiger partial charge in [-0.05, 0) is 24.5 Å². The van der Waals surface area contributed by atoms with Gasteiger partial charge in [0.2, 0.25) is 11.8 Å². The summed E-state index contributed by atoms with van der Waals surface area (Å²) in [6.07, 6.45) is 1.44. The van der Waals surface area contributed by atoms with E-state index in [1.165, 1.54) is 0 Å². The van der Waals surface area contributed by atoms with E-state index < -0.39 is 15.8 Å². The molecule has 2 fully saturated rings. The van der Waals surface area contributed by atoms with Gasteiger partial charge >= 0.3 is 0 Å². The van der Waals surface area contributed by atoms with E-state index in [-0.39, 0.29) is 35.8 Å². The highest BCUT2D eigenvalue weighted by Gasteiger charge is 2.37. The smallest absolute Gasteiger partial charge is 0.227 e. The molecule has 24 heavy (non-hydrogen) atoms. The first kappa shape index (κ1) is 17.0. The van der Waals surface area contributed by atoms with Crippen molar-refractivity contribution in [3.63, 3.8) is 0 Å². The van der Waals surface area contributed by atoms with Crippen LogP contribution in [0.15, 0.2) is 24.3 Å². The maximum atomic E-state index is 12.4. The predicted molar refractivity (Wildman–Crippen MR) is 91.5 cm³/mol. The summed E-state index contributed by atoms with van der Waals surface area (Å²) in [7, 11) is -3.03. The molecule has 2 unspecified atom stereocenters. The number of hydrogen-bond donors (Lipinski definition) is 1. The number of amides is 2. The van der Waals surface area contributed by atoms with Crippen LogP contribution in [-0.2, 0) is 25.8 Å². The highest BCUT2D eigenvalue weighted by molar-refractivity contribution is 7.91. The summed E-state index contributed by atoms with van der Waals surface area (Å²) in [5.41, 5.74) is 1.94. The van der Waals surface area contributed by atoms with Crippen LogP contribution >= 0.6 is 0 Å². The van der Waals surface area contributed by atoms with Crippen molar-refractivity contribution >= 4 is 27.3 Å². The van der Waals surface area contributed by atoms with Gasteiger partial charge in [-0.3, -0.25) is 9.59 Å². The number of aryl methyl sites for hydroxylation is 1. The molecule has 1 aromatic carbocycles. The van der Waals surface area contributed by atoms with Gasteiger partial charge in [0, 0.05) is 24.7 Å². The largest absolute Gasteiger partial charge is 0.352 e. The van der Waals surface area contributed by atoms with E-state index in [0.29, 0.717) is 13.0 Å². The Labute approximate surface area is 142 Å². The van der Waals surface area contributed by atoms with E-state index in [9.17, 15) is 18.0 Å². The van der Waals surface area contributed by atoms with Crippen LogP contribution in [0.4, 0.5) is 5.69 Å². The topological polar surface area (TPSA) is 83.6 Å². The van der Waals surface area contributed by atoms with Crippen LogP contribution in [0.25, 0.3) is 0 Å². The van der Waals surface area contributed by atoms with E-state index in [0.717, 1.165) is 17.7 Å². The van der Waals surface area contributed by atoms with Gasteiger partial charge in [0.05, 0.1) is 17.4 Å². The SMILES string of the molecule is CCc1ccccc1N1CC(C(=O)NC2CCS(=O)(=O)C2)CC1=O. The van der Waals surface area contributed by atoms with Crippen LogP contribution in [0.3, 0.4) is 0 Å². The standard InChI is InChI=1S/C17H22N2O4S/c1-2-12-5-3-4-6-15(12)19-10-13(9-16(19)20)17(21)18-14-7-8-24(22,23)11-14/h3-6,13-14H,2,7-11H2,1H3,(H,18,21). The summed E-state index contributed by atoms with van der Waals surface area (Å²) >= 11 is 0. The first-order chi connectivity index (χ1) is 11.4. The zero-order valence-corrected chi connectivity index (χ0v) is 14.5. The van der Waals surface area contributed by atoms with E-state index in [2.05, 4.69) is 5.32 Å². The van der Waals surface area contributed by atoms with E-state index in [1.54, 1.807) is 4.90 Å². The van der Waals surface area contributed by atoms with E-state index >= 15 is 0 Å². The molecule has 130 valence electrons. The summed E-state index contributed by atoms with van der Waals surface area (Å²) in [6.45, 7) is 2.38. The Bertz CT molecular complexity index is 760. The molecular formula is C17H22N2O4S. The van der Waals surface area contributed by atoms with Crippen LogP contribution in [0.2, 0.25) is 0 Å². The van der Waals surface area contributed by atoms with Crippen LogP contribution in [0.5, 0.6) is 0 Å². The number of carbonyl (C=O) groups is 2. The summed E-state index contributed by atoms with van der Waals surface area (Å²) in [5.74, 6) is -0.581. The van der Waals surface area contributed by atoms with Crippen LogP contribution in [0.1, 0.15) is 25.3 Å². The summed E-state index contributed by atoms with van der Waals surface area (Å²) < 4.78 is 23.0. The molecule has 3 rings (SSSR count). The average molecular weight is 350 g/mol. The lowest BCUT2D eigenvalue weighted by Gasteiger charge is -2.20. The highest BCUT2D eigenvalue weighted by atomic mass is 32.2. The van der Waals surface area contributed by atoms with Crippen molar-refractivity contribution in [2.75, 3.05) is 23.0 Å². The van der Waals surface area contributed by atoms with Crippen molar-refractivity contribution in [3.05, 3.63) is 29.8 Å². The minimum atomic E-state index is -3.03. The molecule has 0 bridgehead atoms. The van der Waals surface area contributed by atoms with Gasteiger partial charge in [0.15, 0.2) is 9.84 Å². The molecule has 1 aromatic rings. The molecule has 2 aliphatic heterocycles. The molecule has 0 radical (unpaired) electrons. The average Bonchev–Trinajstić information content (AvgIpc) is 3.09. The zero-order chi connectivity index (χ0) is 17.3. The third kappa shape index (κ3) is 3.45. The van der Waals surface area contributed by atoms with Gasteiger partial charge in [-0.25, -0.2) is 8.42 Å². The van der Waals surface area contributed by atoms with E-state index in [4.69, 9.17) is 0 Å². The lowest BCUT2D eigenvalue weighted by molar-refractivity contribution is -0.126. The second-order valence-corrected chi connectivity index (χ2v) is 8.72. The minimum Gasteiger partial charge on any atom is -0.352 e. The summed E-state index contributed by atoms with van der Waals surface area (Å²) in [4.78, 5) is 26.4. The monoisotopic (exact) mass is 350 g/mol. The normalized spacial score (nSPS) is 25.9. The first-order valence-corrected chi connectivity index (χ1v) is 10.1. The van der Waals surface area contributed by atoms with Crippen molar-refractivity contribution in [2.45, 2.75) is 32.2 Å². The maximum Gasteiger partial charge on any atom is 0.227 e.